The summed E-state index contributed by atoms with van der Waals surface area (Å²) in [4.78, 5) is 3.89. The van der Waals surface area contributed by atoms with Crippen molar-refractivity contribution >= 4 is 12.3 Å². The minimum Gasteiger partial charge on any atom is -0.432 e. The molecule has 11 heavy (non-hydrogen) atoms. The highest BCUT2D eigenvalue weighted by Gasteiger charge is 2.00. The van der Waals surface area contributed by atoms with Crippen molar-refractivity contribution in [2.45, 2.75) is 26.7 Å². The number of ether oxygens (including phenoxy) is 1. The fourth-order valence-electron chi connectivity index (χ4n) is 0.704. The highest BCUT2D eigenvalue weighted by Crippen LogP contribution is 2.04. The zero-order valence-corrected chi connectivity index (χ0v) is 7.42. The molecule has 0 aliphatic carbocycles. The molecule has 0 radical (unpaired) electrons. The van der Waals surface area contributed by atoms with E-state index in [0.29, 0.717) is 11.8 Å². The number of hydrogen-bond acceptors (Lipinski definition) is 3. The third-order valence-corrected chi connectivity index (χ3v) is 1.38. The second-order valence-electron chi connectivity index (χ2n) is 2.79. The van der Waals surface area contributed by atoms with Gasteiger partial charge in [0.05, 0.1) is 0 Å². The third kappa shape index (κ3) is 5.58. The quantitative estimate of drug-likeness (QED) is 0.491. The van der Waals surface area contributed by atoms with Crippen LogP contribution in [0.5, 0.6) is 0 Å². The molecular formula is C8H16N2O. The van der Waals surface area contributed by atoms with Crippen LogP contribution in [0.15, 0.2) is 4.99 Å². The number of hydrogen-bond donors (Lipinski definition) is 1. The van der Waals surface area contributed by atoms with Gasteiger partial charge >= 0.3 is 0 Å². The second-order valence-corrected chi connectivity index (χ2v) is 2.79. The number of nitrogens with one attached hydrogen (secondary N) is 1. The van der Waals surface area contributed by atoms with Crippen LogP contribution in [0.2, 0.25) is 0 Å². The molecule has 3 heteroatoms. The first-order valence-electron chi connectivity index (χ1n) is 3.82. The summed E-state index contributed by atoms with van der Waals surface area (Å²) in [6.45, 7) is 4.30. The summed E-state index contributed by atoms with van der Waals surface area (Å²) in [6, 6.07) is 0. The van der Waals surface area contributed by atoms with Crippen LogP contribution in [0.25, 0.3) is 0 Å². The monoisotopic (exact) mass is 156 g/mol. The van der Waals surface area contributed by atoms with Gasteiger partial charge in [0.1, 0.15) is 0 Å². The molecule has 0 rings (SSSR count). The molecule has 0 aromatic heterocycles. The Hall–Kier alpha value is -0.860. The predicted molar refractivity (Wildman–Crippen MR) is 47.3 cm³/mol. The van der Waals surface area contributed by atoms with Gasteiger partial charge in [-0.2, -0.15) is 0 Å². The minimum atomic E-state index is 0.647. The first kappa shape index (κ1) is 10.1. The molecule has 0 aliphatic rings. The van der Waals surface area contributed by atoms with Gasteiger partial charge in [-0.05, 0) is 12.3 Å². The van der Waals surface area contributed by atoms with E-state index in [1.807, 2.05) is 0 Å². The van der Waals surface area contributed by atoms with Gasteiger partial charge < -0.3 is 4.74 Å². The average Bonchev–Trinajstić information content (AvgIpc) is 1.97. The standard InChI is InChI=1S/C8H16N2O/c1-7(2)4-5-8(10-3)11-6-9/h6-7,9H,4-5H2,1-3H3/b9-6?,10-8-. The van der Waals surface area contributed by atoms with Gasteiger partial charge in [0.2, 0.25) is 0 Å². The molecule has 3 nitrogen and oxygen atoms in total. The van der Waals surface area contributed by atoms with E-state index in [1.165, 1.54) is 0 Å². The highest BCUT2D eigenvalue weighted by molar-refractivity contribution is 5.82. The number of nitrogens with zero attached hydrogens (tertiary/aromatic N) is 1. The van der Waals surface area contributed by atoms with E-state index >= 15 is 0 Å². The first-order valence-corrected chi connectivity index (χ1v) is 3.82. The molecule has 0 unspecified atom stereocenters. The lowest BCUT2D eigenvalue weighted by Crippen LogP contribution is -2.04. The van der Waals surface area contributed by atoms with Gasteiger partial charge in [-0.3, -0.25) is 10.4 Å². The van der Waals surface area contributed by atoms with Crippen molar-refractivity contribution < 1.29 is 4.74 Å². The molecule has 0 aromatic rings. The van der Waals surface area contributed by atoms with E-state index in [0.717, 1.165) is 19.2 Å². The van der Waals surface area contributed by atoms with Crippen LogP contribution in [0.4, 0.5) is 0 Å². The zero-order chi connectivity index (χ0) is 8.69. The summed E-state index contributed by atoms with van der Waals surface area (Å²) >= 11 is 0. The molecule has 0 saturated heterocycles. The Kier molecular flexibility index (Phi) is 5.43. The molecule has 0 aromatic carbocycles. The largest absolute Gasteiger partial charge is 0.432 e. The maximum Gasteiger partial charge on any atom is 0.191 e. The van der Waals surface area contributed by atoms with Gasteiger partial charge in [-0.1, -0.05) is 13.8 Å². The van der Waals surface area contributed by atoms with Crippen LogP contribution in [0.3, 0.4) is 0 Å². The van der Waals surface area contributed by atoms with Crippen LogP contribution in [-0.2, 0) is 4.74 Å². The Bertz CT molecular complexity index is 141. The van der Waals surface area contributed by atoms with E-state index in [9.17, 15) is 0 Å². The Morgan fingerprint density at radius 1 is 1.64 bits per heavy atom. The summed E-state index contributed by atoms with van der Waals surface area (Å²) < 4.78 is 4.83. The van der Waals surface area contributed by atoms with Crippen LogP contribution in [0.1, 0.15) is 26.7 Å². The lowest BCUT2D eigenvalue weighted by Gasteiger charge is -2.04. The number of aliphatic imine (C=N–C) groups is 1. The fourth-order valence-corrected chi connectivity index (χ4v) is 0.704. The van der Waals surface area contributed by atoms with Gasteiger partial charge in [0, 0.05) is 13.5 Å². The molecule has 1 N–H and O–H groups in total. The summed E-state index contributed by atoms with van der Waals surface area (Å²) in [5, 5.41) is 6.69. The molecule has 0 spiro atoms. The van der Waals surface area contributed by atoms with Crippen molar-refractivity contribution in [1.29, 1.82) is 5.41 Å². The molecule has 0 saturated carbocycles. The van der Waals surface area contributed by atoms with Gasteiger partial charge in [-0.25, -0.2) is 0 Å². The fraction of sp³-hybridized carbons (Fsp3) is 0.750. The maximum atomic E-state index is 6.69. The van der Waals surface area contributed by atoms with E-state index in [-0.39, 0.29) is 0 Å². The van der Waals surface area contributed by atoms with Gasteiger partial charge in [0.25, 0.3) is 0 Å². The van der Waals surface area contributed by atoms with E-state index in [4.69, 9.17) is 10.1 Å². The third-order valence-electron chi connectivity index (χ3n) is 1.38. The van der Waals surface area contributed by atoms with Crippen molar-refractivity contribution in [2.75, 3.05) is 7.05 Å². The summed E-state index contributed by atoms with van der Waals surface area (Å²) in [7, 11) is 1.68. The molecule has 0 heterocycles. The second kappa shape index (κ2) is 5.89. The van der Waals surface area contributed by atoms with Crippen molar-refractivity contribution in [3.8, 4) is 0 Å². The van der Waals surface area contributed by atoms with E-state index < -0.39 is 0 Å². The molecule has 0 atom stereocenters. The molecule has 0 fully saturated rings. The summed E-state index contributed by atoms with van der Waals surface area (Å²) in [6.07, 6.45) is 2.80. The molecule has 0 bridgehead atoms. The van der Waals surface area contributed by atoms with E-state index in [1.54, 1.807) is 7.05 Å². The Morgan fingerprint density at radius 3 is 2.64 bits per heavy atom. The van der Waals surface area contributed by atoms with Gasteiger partial charge in [0.15, 0.2) is 12.3 Å². The van der Waals surface area contributed by atoms with Crippen molar-refractivity contribution in [2.24, 2.45) is 10.9 Å². The highest BCUT2D eigenvalue weighted by atomic mass is 16.5. The lowest BCUT2D eigenvalue weighted by atomic mass is 10.1. The van der Waals surface area contributed by atoms with E-state index in [2.05, 4.69) is 18.8 Å². The Morgan fingerprint density at radius 2 is 2.27 bits per heavy atom. The zero-order valence-electron chi connectivity index (χ0n) is 7.42. The predicted octanol–water partition coefficient (Wildman–Crippen LogP) is 2.07. The average molecular weight is 156 g/mol. The summed E-state index contributed by atoms with van der Waals surface area (Å²) in [5.41, 5.74) is 0. The maximum absolute atomic E-state index is 6.69. The molecule has 0 amide bonds. The van der Waals surface area contributed by atoms with Crippen LogP contribution >= 0.6 is 0 Å². The lowest BCUT2D eigenvalue weighted by molar-refractivity contribution is 0.511. The van der Waals surface area contributed by atoms with Crippen molar-refractivity contribution in [1.82, 2.24) is 0 Å². The molecule has 64 valence electrons. The Balaban J connectivity index is 3.62. The van der Waals surface area contributed by atoms with Crippen molar-refractivity contribution in [3.05, 3.63) is 0 Å². The van der Waals surface area contributed by atoms with Crippen molar-refractivity contribution in [3.63, 3.8) is 0 Å². The van der Waals surface area contributed by atoms with Crippen LogP contribution in [0, 0.1) is 11.3 Å². The first-order chi connectivity index (χ1) is 5.20. The van der Waals surface area contributed by atoms with Gasteiger partial charge in [-0.15, -0.1) is 0 Å². The molecular weight excluding hydrogens is 140 g/mol. The molecule has 0 aliphatic heterocycles. The Labute approximate surface area is 68.0 Å². The topological polar surface area (TPSA) is 45.4 Å². The normalized spacial score (nSPS) is 11.8. The smallest absolute Gasteiger partial charge is 0.191 e. The van der Waals surface area contributed by atoms with Crippen LogP contribution < -0.4 is 0 Å². The SMILES string of the molecule is C/N=C(/CCC(C)C)OC=N. The minimum absolute atomic E-state index is 0.647. The number of rotatable bonds is 4. The summed E-state index contributed by atoms with van der Waals surface area (Å²) in [5.74, 6) is 1.30. The van der Waals surface area contributed by atoms with Crippen LogP contribution in [-0.4, -0.2) is 19.3 Å².